The van der Waals surface area contributed by atoms with Crippen LogP contribution in [0.2, 0.25) is 0 Å². The summed E-state index contributed by atoms with van der Waals surface area (Å²) >= 11 is 3.40. The third-order valence-corrected chi connectivity index (χ3v) is 4.94. The lowest BCUT2D eigenvalue weighted by Gasteiger charge is -2.19. The molecule has 1 amide bonds. The molecule has 26 heavy (non-hydrogen) atoms. The van der Waals surface area contributed by atoms with Gasteiger partial charge in [-0.05, 0) is 58.2 Å². The zero-order valence-electron chi connectivity index (χ0n) is 13.8. The van der Waals surface area contributed by atoms with E-state index in [1.807, 2.05) is 6.20 Å². The zero-order valence-corrected chi connectivity index (χ0v) is 15.4. The van der Waals surface area contributed by atoms with Gasteiger partial charge in [-0.1, -0.05) is 0 Å². The van der Waals surface area contributed by atoms with E-state index in [1.165, 1.54) is 12.1 Å². The lowest BCUT2D eigenvalue weighted by molar-refractivity contribution is 0.0952. The largest absolute Gasteiger partial charge is 0.486 e. The van der Waals surface area contributed by atoms with Crippen molar-refractivity contribution in [3.63, 3.8) is 0 Å². The van der Waals surface area contributed by atoms with Gasteiger partial charge in [0.15, 0.2) is 11.5 Å². The van der Waals surface area contributed by atoms with Crippen molar-refractivity contribution in [1.29, 1.82) is 0 Å². The predicted molar refractivity (Wildman–Crippen MR) is 99.4 cm³/mol. The molecule has 0 unspecified atom stereocenters. The number of amides is 1. The van der Waals surface area contributed by atoms with Crippen LogP contribution >= 0.6 is 15.9 Å². The van der Waals surface area contributed by atoms with Crippen LogP contribution in [0, 0.1) is 5.82 Å². The van der Waals surface area contributed by atoms with Gasteiger partial charge in [0.2, 0.25) is 0 Å². The van der Waals surface area contributed by atoms with Gasteiger partial charge >= 0.3 is 0 Å². The molecule has 5 nitrogen and oxygen atoms in total. The Balaban J connectivity index is 1.45. The number of carbonyl (C=O) groups is 1. The van der Waals surface area contributed by atoms with E-state index in [0.717, 1.165) is 16.5 Å². The van der Waals surface area contributed by atoms with Gasteiger partial charge in [-0.2, -0.15) is 0 Å². The van der Waals surface area contributed by atoms with Crippen LogP contribution in [0.4, 0.5) is 4.39 Å². The first kappa shape index (κ1) is 16.9. The van der Waals surface area contributed by atoms with Crippen LogP contribution in [0.5, 0.6) is 11.5 Å². The minimum atomic E-state index is -0.275. The molecule has 0 aliphatic carbocycles. The summed E-state index contributed by atoms with van der Waals surface area (Å²) in [6.07, 6.45) is 2.44. The van der Waals surface area contributed by atoms with E-state index < -0.39 is 0 Å². The average molecular weight is 419 g/mol. The van der Waals surface area contributed by atoms with Crippen molar-refractivity contribution < 1.29 is 18.7 Å². The quantitative estimate of drug-likeness (QED) is 0.676. The van der Waals surface area contributed by atoms with Gasteiger partial charge in [0.05, 0.1) is 5.56 Å². The van der Waals surface area contributed by atoms with E-state index in [9.17, 15) is 9.18 Å². The van der Waals surface area contributed by atoms with Crippen molar-refractivity contribution in [1.82, 2.24) is 10.3 Å². The first-order valence-corrected chi connectivity index (χ1v) is 9.04. The average Bonchev–Trinajstić information content (AvgIpc) is 3.03. The number of ether oxygens (including phenoxy) is 2. The first-order chi connectivity index (χ1) is 12.6. The first-order valence-electron chi connectivity index (χ1n) is 8.24. The van der Waals surface area contributed by atoms with Gasteiger partial charge in [-0.25, -0.2) is 4.39 Å². The molecule has 0 radical (unpaired) electrons. The number of H-pyrrole nitrogens is 1. The van der Waals surface area contributed by atoms with E-state index in [0.29, 0.717) is 47.7 Å². The van der Waals surface area contributed by atoms with Gasteiger partial charge in [-0.15, -0.1) is 0 Å². The molecule has 2 N–H and O–H groups in total. The minimum Gasteiger partial charge on any atom is -0.486 e. The smallest absolute Gasteiger partial charge is 0.252 e. The van der Waals surface area contributed by atoms with Gasteiger partial charge in [0.1, 0.15) is 19.0 Å². The standard InChI is InChI=1S/C19H16BrFN2O3/c20-15-9-18-17(25-5-6-26-18)8-14(15)19(24)22-4-3-11-10-23-16-2-1-12(21)7-13(11)16/h1-2,7-10,23H,3-6H2,(H,22,24). The van der Waals surface area contributed by atoms with Gasteiger partial charge < -0.3 is 19.8 Å². The highest BCUT2D eigenvalue weighted by Gasteiger charge is 2.18. The Morgan fingerprint density at radius 1 is 1.19 bits per heavy atom. The van der Waals surface area contributed by atoms with Crippen LogP contribution in [0.1, 0.15) is 15.9 Å². The van der Waals surface area contributed by atoms with Gasteiger partial charge in [0.25, 0.3) is 5.91 Å². The summed E-state index contributed by atoms with van der Waals surface area (Å²) in [6, 6.07) is 8.05. The maximum Gasteiger partial charge on any atom is 0.252 e. The summed E-state index contributed by atoms with van der Waals surface area (Å²) in [7, 11) is 0. The van der Waals surface area contributed by atoms with Crippen molar-refractivity contribution in [3.8, 4) is 11.5 Å². The second-order valence-corrected chi connectivity index (χ2v) is 6.84. The number of aromatic amines is 1. The second kappa shape index (κ2) is 6.99. The number of rotatable bonds is 4. The van der Waals surface area contributed by atoms with Crippen LogP contribution in [-0.4, -0.2) is 30.6 Å². The summed E-state index contributed by atoms with van der Waals surface area (Å²) in [4.78, 5) is 15.6. The normalized spacial score (nSPS) is 13.0. The molecule has 0 spiro atoms. The minimum absolute atomic E-state index is 0.208. The second-order valence-electron chi connectivity index (χ2n) is 5.99. The highest BCUT2D eigenvalue weighted by atomic mass is 79.9. The number of aromatic nitrogens is 1. The van der Waals surface area contributed by atoms with Crippen molar-refractivity contribution in [2.45, 2.75) is 6.42 Å². The summed E-state index contributed by atoms with van der Waals surface area (Å²) in [6.45, 7) is 1.40. The Morgan fingerprint density at radius 3 is 2.77 bits per heavy atom. The number of halogens is 2. The highest BCUT2D eigenvalue weighted by Crippen LogP contribution is 2.35. The van der Waals surface area contributed by atoms with E-state index in [-0.39, 0.29) is 11.7 Å². The number of nitrogens with one attached hydrogen (secondary N) is 2. The monoisotopic (exact) mass is 418 g/mol. The third kappa shape index (κ3) is 3.26. The van der Waals surface area contributed by atoms with Crippen LogP contribution in [0.25, 0.3) is 10.9 Å². The maximum atomic E-state index is 13.4. The molecule has 134 valence electrons. The van der Waals surface area contributed by atoms with Crippen molar-refractivity contribution in [3.05, 3.63) is 57.9 Å². The number of fused-ring (bicyclic) bond motifs is 2. The number of hydrogen-bond acceptors (Lipinski definition) is 3. The molecule has 3 aromatic rings. The molecular weight excluding hydrogens is 403 g/mol. The third-order valence-electron chi connectivity index (χ3n) is 4.29. The Hall–Kier alpha value is -2.54. The van der Waals surface area contributed by atoms with Crippen LogP contribution in [-0.2, 0) is 6.42 Å². The summed E-state index contributed by atoms with van der Waals surface area (Å²) < 4.78 is 25.1. The molecular formula is C19H16BrFN2O3. The predicted octanol–water partition coefficient (Wildman–Crippen LogP) is 3.81. The number of benzene rings is 2. The molecule has 4 rings (SSSR count). The molecule has 2 heterocycles. The van der Waals surface area contributed by atoms with Gasteiger partial charge in [0, 0.05) is 28.1 Å². The molecule has 2 aromatic carbocycles. The van der Waals surface area contributed by atoms with E-state index >= 15 is 0 Å². The SMILES string of the molecule is O=C(NCCc1c[nH]c2ccc(F)cc12)c1cc2c(cc1Br)OCCO2. The molecule has 0 atom stereocenters. The molecule has 1 aliphatic rings. The Bertz CT molecular complexity index is 986. The molecule has 7 heteroatoms. The lowest BCUT2D eigenvalue weighted by Crippen LogP contribution is -2.26. The Kier molecular flexibility index (Phi) is 4.55. The molecule has 0 saturated carbocycles. The Morgan fingerprint density at radius 2 is 1.96 bits per heavy atom. The van der Waals surface area contributed by atoms with E-state index in [1.54, 1.807) is 18.2 Å². The van der Waals surface area contributed by atoms with Crippen LogP contribution in [0.15, 0.2) is 41.0 Å². The molecule has 1 aliphatic heterocycles. The van der Waals surface area contributed by atoms with Crippen LogP contribution in [0.3, 0.4) is 0 Å². The van der Waals surface area contributed by atoms with Crippen molar-refractivity contribution >= 4 is 32.7 Å². The fraction of sp³-hybridized carbons (Fsp3) is 0.211. The summed E-state index contributed by atoms with van der Waals surface area (Å²) in [5, 5.41) is 3.72. The topological polar surface area (TPSA) is 63.4 Å². The lowest BCUT2D eigenvalue weighted by atomic mass is 10.1. The van der Waals surface area contributed by atoms with E-state index in [4.69, 9.17) is 9.47 Å². The molecule has 0 bridgehead atoms. The Labute approximate surface area is 157 Å². The molecule has 1 aromatic heterocycles. The number of hydrogen-bond donors (Lipinski definition) is 2. The maximum absolute atomic E-state index is 13.4. The fourth-order valence-corrected chi connectivity index (χ4v) is 3.50. The fourth-order valence-electron chi connectivity index (χ4n) is 3.00. The summed E-state index contributed by atoms with van der Waals surface area (Å²) in [5.74, 6) is 0.708. The van der Waals surface area contributed by atoms with Gasteiger partial charge in [-0.3, -0.25) is 4.79 Å². The van der Waals surface area contributed by atoms with E-state index in [2.05, 4.69) is 26.2 Å². The van der Waals surface area contributed by atoms with Crippen LogP contribution < -0.4 is 14.8 Å². The zero-order chi connectivity index (χ0) is 18.1. The molecule has 0 fully saturated rings. The van der Waals surface area contributed by atoms with Crippen molar-refractivity contribution in [2.75, 3.05) is 19.8 Å². The number of carbonyl (C=O) groups excluding carboxylic acids is 1. The summed E-state index contributed by atoms with van der Waals surface area (Å²) in [5.41, 5.74) is 2.32. The molecule has 0 saturated heterocycles. The highest BCUT2D eigenvalue weighted by molar-refractivity contribution is 9.10. The van der Waals surface area contributed by atoms with Crippen molar-refractivity contribution in [2.24, 2.45) is 0 Å².